The van der Waals surface area contributed by atoms with Crippen LogP contribution in [0.4, 0.5) is 0 Å². The second-order valence-electron chi connectivity index (χ2n) is 8.19. The third kappa shape index (κ3) is 16.5. The topological polar surface area (TPSA) is 63.9 Å². The van der Waals surface area contributed by atoms with E-state index in [-0.39, 0.29) is 25.2 Å². The maximum atomic E-state index is 10.8. The van der Waals surface area contributed by atoms with Crippen LogP contribution in [0.25, 0.3) is 0 Å². The van der Waals surface area contributed by atoms with Gasteiger partial charge in [-0.1, -0.05) is 90.9 Å². The van der Waals surface area contributed by atoms with Gasteiger partial charge in [-0.15, -0.1) is 0 Å². The van der Waals surface area contributed by atoms with Crippen LogP contribution in [0.2, 0.25) is 0 Å². The maximum absolute atomic E-state index is 10.8. The Hall–Kier alpha value is -0.160. The van der Waals surface area contributed by atoms with Crippen molar-refractivity contribution in [3.8, 4) is 0 Å². The highest BCUT2D eigenvalue weighted by Crippen LogP contribution is 2.21. The predicted octanol–water partition coefficient (Wildman–Crippen LogP) is 4.75. The van der Waals surface area contributed by atoms with Gasteiger partial charge in [-0.3, -0.25) is 4.90 Å². The van der Waals surface area contributed by atoms with Gasteiger partial charge in [0, 0.05) is 19.6 Å². The van der Waals surface area contributed by atoms with Crippen LogP contribution in [-0.2, 0) is 0 Å². The molecule has 4 nitrogen and oxygen atoms in total. The lowest BCUT2D eigenvalue weighted by Crippen LogP contribution is -2.38. The van der Waals surface area contributed by atoms with E-state index in [2.05, 4.69) is 18.7 Å². The Morgan fingerprint density at radius 3 is 1.56 bits per heavy atom. The molecule has 0 aromatic carbocycles. The smallest absolute Gasteiger partial charge is 0.0580 e. The first-order chi connectivity index (χ1) is 13.2. The second kappa shape index (κ2) is 20.6. The summed E-state index contributed by atoms with van der Waals surface area (Å²) in [5, 5.41) is 29.3. The SMILES string of the molecule is CCCCCCCCC(O)C(CCCCCCCC)CN(CCO)CCO. The van der Waals surface area contributed by atoms with E-state index in [0.717, 1.165) is 25.8 Å². The molecule has 3 N–H and O–H groups in total. The van der Waals surface area contributed by atoms with E-state index >= 15 is 0 Å². The molecule has 0 aromatic rings. The van der Waals surface area contributed by atoms with Crippen LogP contribution in [0.1, 0.15) is 104 Å². The second-order valence-corrected chi connectivity index (χ2v) is 8.19. The first-order valence-electron chi connectivity index (χ1n) is 11.8. The molecule has 4 heteroatoms. The molecule has 0 fully saturated rings. The molecule has 0 aliphatic carbocycles. The average molecular weight is 388 g/mol. The summed E-state index contributed by atoms with van der Waals surface area (Å²) in [6.45, 7) is 6.64. The van der Waals surface area contributed by atoms with E-state index in [4.69, 9.17) is 0 Å². The standard InChI is InChI=1S/C23H49NO3/c1-3-5-7-9-11-13-15-22(21-24(17-19-25)18-20-26)23(27)16-14-12-10-8-6-4-2/h22-23,25-27H,3-21H2,1-2H3. The normalized spacial score (nSPS) is 14.0. The summed E-state index contributed by atoms with van der Waals surface area (Å²) < 4.78 is 0. The highest BCUT2D eigenvalue weighted by atomic mass is 16.3. The number of aliphatic hydroxyl groups excluding tert-OH is 3. The lowest BCUT2D eigenvalue weighted by Gasteiger charge is -2.30. The van der Waals surface area contributed by atoms with E-state index in [0.29, 0.717) is 13.1 Å². The Balaban J connectivity index is 4.33. The van der Waals surface area contributed by atoms with Crippen LogP contribution in [-0.4, -0.2) is 59.2 Å². The van der Waals surface area contributed by atoms with E-state index in [1.54, 1.807) is 0 Å². The van der Waals surface area contributed by atoms with Crippen molar-refractivity contribution in [3.05, 3.63) is 0 Å². The first kappa shape index (κ1) is 26.8. The number of rotatable bonds is 21. The summed E-state index contributed by atoms with van der Waals surface area (Å²) in [6.07, 6.45) is 16.8. The van der Waals surface area contributed by atoms with Gasteiger partial charge >= 0.3 is 0 Å². The summed E-state index contributed by atoms with van der Waals surface area (Å²) in [5.74, 6) is 0.255. The van der Waals surface area contributed by atoms with Gasteiger partial charge in [0.25, 0.3) is 0 Å². The fourth-order valence-electron chi connectivity index (χ4n) is 3.87. The van der Waals surface area contributed by atoms with Crippen molar-refractivity contribution in [2.75, 3.05) is 32.8 Å². The van der Waals surface area contributed by atoms with Gasteiger partial charge in [0.2, 0.25) is 0 Å². The van der Waals surface area contributed by atoms with Crippen molar-refractivity contribution >= 4 is 0 Å². The third-order valence-corrected chi connectivity index (χ3v) is 5.65. The molecule has 0 aliphatic rings. The molecule has 2 unspecified atom stereocenters. The zero-order valence-corrected chi connectivity index (χ0v) is 18.4. The Bertz CT molecular complexity index is 283. The number of aliphatic hydroxyl groups is 3. The molecule has 0 aromatic heterocycles. The van der Waals surface area contributed by atoms with Crippen molar-refractivity contribution in [2.24, 2.45) is 5.92 Å². The van der Waals surface area contributed by atoms with Crippen molar-refractivity contribution in [3.63, 3.8) is 0 Å². The number of hydrogen-bond donors (Lipinski definition) is 3. The summed E-state index contributed by atoms with van der Waals surface area (Å²) in [4.78, 5) is 2.10. The molecular formula is C23H49NO3. The molecule has 0 spiro atoms. The molecule has 164 valence electrons. The van der Waals surface area contributed by atoms with Gasteiger partial charge in [0.05, 0.1) is 19.3 Å². The predicted molar refractivity (Wildman–Crippen MR) is 116 cm³/mol. The van der Waals surface area contributed by atoms with Gasteiger partial charge in [-0.05, 0) is 18.8 Å². The summed E-state index contributed by atoms with van der Waals surface area (Å²) in [7, 11) is 0. The zero-order chi connectivity index (χ0) is 20.2. The molecule has 2 atom stereocenters. The molecule has 0 amide bonds. The number of hydrogen-bond acceptors (Lipinski definition) is 4. The Morgan fingerprint density at radius 2 is 1.07 bits per heavy atom. The molecule has 27 heavy (non-hydrogen) atoms. The van der Waals surface area contributed by atoms with Crippen LogP contribution in [0.3, 0.4) is 0 Å². The fourth-order valence-corrected chi connectivity index (χ4v) is 3.87. The minimum absolute atomic E-state index is 0.108. The van der Waals surface area contributed by atoms with Crippen molar-refractivity contribution in [1.29, 1.82) is 0 Å². The maximum Gasteiger partial charge on any atom is 0.0580 e. The van der Waals surface area contributed by atoms with Crippen molar-refractivity contribution in [1.82, 2.24) is 4.90 Å². The molecule has 0 radical (unpaired) electrons. The molecule has 0 bridgehead atoms. The first-order valence-corrected chi connectivity index (χ1v) is 11.8. The Kier molecular flexibility index (Phi) is 20.4. The molecular weight excluding hydrogens is 338 g/mol. The molecule has 0 saturated carbocycles. The Morgan fingerprint density at radius 1 is 0.630 bits per heavy atom. The van der Waals surface area contributed by atoms with E-state index < -0.39 is 0 Å². The van der Waals surface area contributed by atoms with Gasteiger partial charge in [-0.25, -0.2) is 0 Å². The van der Waals surface area contributed by atoms with Crippen molar-refractivity contribution < 1.29 is 15.3 Å². The summed E-state index contributed by atoms with van der Waals surface area (Å²) in [5.41, 5.74) is 0. The molecule has 0 heterocycles. The highest BCUT2D eigenvalue weighted by Gasteiger charge is 2.21. The van der Waals surface area contributed by atoms with Gasteiger partial charge in [0.1, 0.15) is 0 Å². The van der Waals surface area contributed by atoms with Crippen molar-refractivity contribution in [2.45, 2.75) is 110 Å². The van der Waals surface area contributed by atoms with Gasteiger partial charge in [-0.2, -0.15) is 0 Å². The quantitative estimate of drug-likeness (QED) is 0.249. The average Bonchev–Trinajstić information content (AvgIpc) is 2.66. The molecule has 0 aliphatic heterocycles. The zero-order valence-electron chi connectivity index (χ0n) is 18.4. The van der Waals surface area contributed by atoms with E-state index in [1.807, 2.05) is 0 Å². The third-order valence-electron chi connectivity index (χ3n) is 5.65. The number of unbranched alkanes of at least 4 members (excludes halogenated alkanes) is 10. The minimum Gasteiger partial charge on any atom is -0.395 e. The Labute approximate surface area is 169 Å². The van der Waals surface area contributed by atoms with Gasteiger partial charge in [0.15, 0.2) is 0 Å². The van der Waals surface area contributed by atoms with E-state index in [1.165, 1.54) is 70.6 Å². The van der Waals surface area contributed by atoms with Crippen LogP contribution >= 0.6 is 0 Å². The highest BCUT2D eigenvalue weighted by molar-refractivity contribution is 4.74. The summed E-state index contributed by atoms with van der Waals surface area (Å²) in [6, 6.07) is 0. The van der Waals surface area contributed by atoms with Crippen LogP contribution in [0.15, 0.2) is 0 Å². The van der Waals surface area contributed by atoms with Gasteiger partial charge < -0.3 is 15.3 Å². The molecule has 0 rings (SSSR count). The monoisotopic (exact) mass is 387 g/mol. The van der Waals surface area contributed by atoms with Crippen LogP contribution < -0.4 is 0 Å². The fraction of sp³-hybridized carbons (Fsp3) is 1.00. The molecule has 0 saturated heterocycles. The number of nitrogens with zero attached hydrogens (tertiary/aromatic N) is 1. The largest absolute Gasteiger partial charge is 0.395 e. The lowest BCUT2D eigenvalue weighted by molar-refractivity contribution is 0.0537. The van der Waals surface area contributed by atoms with E-state index in [9.17, 15) is 15.3 Å². The summed E-state index contributed by atoms with van der Waals surface area (Å²) >= 11 is 0. The van der Waals surface area contributed by atoms with Crippen LogP contribution in [0, 0.1) is 5.92 Å². The lowest BCUT2D eigenvalue weighted by atomic mass is 9.91. The minimum atomic E-state index is -0.258. The van der Waals surface area contributed by atoms with Crippen LogP contribution in [0.5, 0.6) is 0 Å².